The van der Waals surface area contributed by atoms with Gasteiger partial charge in [-0.1, -0.05) is 0 Å². The maximum Gasteiger partial charge on any atom is 0.341 e. The highest BCUT2D eigenvalue weighted by atomic mass is 19.1. The Kier molecular flexibility index (Phi) is 4.51. The van der Waals surface area contributed by atoms with E-state index in [9.17, 15) is 14.7 Å². The number of halogens is 1. The molecular formula is C19H22FN3O4. The van der Waals surface area contributed by atoms with E-state index in [2.05, 4.69) is 5.32 Å². The number of benzene rings is 1. The average Bonchev–Trinajstić information content (AvgIpc) is 3.48. The van der Waals surface area contributed by atoms with Crippen molar-refractivity contribution in [2.24, 2.45) is 0 Å². The molecule has 0 amide bonds. The third kappa shape index (κ3) is 3.03. The summed E-state index contributed by atoms with van der Waals surface area (Å²) in [6, 6.07) is 1.27. The van der Waals surface area contributed by atoms with Crippen LogP contribution in [0.3, 0.4) is 0 Å². The number of methoxy groups -OCH3 is 1. The zero-order valence-electron chi connectivity index (χ0n) is 15.1. The van der Waals surface area contributed by atoms with E-state index in [0.29, 0.717) is 30.0 Å². The molecule has 1 aromatic carbocycles. The van der Waals surface area contributed by atoms with E-state index in [1.807, 2.05) is 4.90 Å². The molecule has 1 saturated carbocycles. The van der Waals surface area contributed by atoms with Crippen molar-refractivity contribution >= 4 is 22.6 Å². The van der Waals surface area contributed by atoms with Gasteiger partial charge in [0.05, 0.1) is 18.0 Å². The first kappa shape index (κ1) is 17.8. The number of anilines is 1. The molecule has 1 aliphatic carbocycles. The molecule has 0 unspecified atom stereocenters. The summed E-state index contributed by atoms with van der Waals surface area (Å²) in [5.74, 6) is -1.57. The van der Waals surface area contributed by atoms with Crippen molar-refractivity contribution in [1.29, 1.82) is 0 Å². The molecule has 8 heteroatoms. The molecule has 144 valence electrons. The molecule has 1 aliphatic heterocycles. The van der Waals surface area contributed by atoms with Crippen LogP contribution in [0.15, 0.2) is 17.1 Å². The topological polar surface area (TPSA) is 83.8 Å². The summed E-state index contributed by atoms with van der Waals surface area (Å²) in [7, 11) is 1.46. The predicted octanol–water partition coefficient (Wildman–Crippen LogP) is 1.98. The van der Waals surface area contributed by atoms with E-state index in [1.165, 1.54) is 19.4 Å². The van der Waals surface area contributed by atoms with Gasteiger partial charge in [-0.05, 0) is 31.9 Å². The summed E-state index contributed by atoms with van der Waals surface area (Å²) in [6.07, 6.45) is 4.02. The Morgan fingerprint density at radius 1 is 1.33 bits per heavy atom. The van der Waals surface area contributed by atoms with Crippen LogP contribution in [0.5, 0.6) is 5.75 Å². The van der Waals surface area contributed by atoms with Crippen LogP contribution in [0.25, 0.3) is 10.9 Å². The number of nitrogens with one attached hydrogen (secondary N) is 1. The number of aromatic nitrogens is 1. The van der Waals surface area contributed by atoms with E-state index in [4.69, 9.17) is 4.74 Å². The number of carbonyl (C=O) groups is 1. The van der Waals surface area contributed by atoms with Crippen LogP contribution in [-0.2, 0) is 0 Å². The highest BCUT2D eigenvalue weighted by molar-refractivity contribution is 5.97. The van der Waals surface area contributed by atoms with Crippen LogP contribution < -0.4 is 20.4 Å². The van der Waals surface area contributed by atoms with Crippen molar-refractivity contribution in [3.8, 4) is 5.75 Å². The number of ether oxygens (including phenoxy) is 1. The molecule has 1 aromatic heterocycles. The minimum absolute atomic E-state index is 0.0489. The Hall–Kier alpha value is -2.61. The minimum Gasteiger partial charge on any atom is -0.492 e. The van der Waals surface area contributed by atoms with Crippen LogP contribution in [-0.4, -0.2) is 48.9 Å². The molecule has 27 heavy (non-hydrogen) atoms. The number of hydrogen-bond acceptors (Lipinski definition) is 5. The third-order valence-electron chi connectivity index (χ3n) is 5.23. The second kappa shape index (κ2) is 6.84. The molecule has 0 atom stereocenters. The van der Waals surface area contributed by atoms with Crippen molar-refractivity contribution in [2.75, 3.05) is 38.2 Å². The SMILES string of the molecule is COc1c(N2CCCNCC2)c(F)cc2c(=O)c(C(=O)O)cn(C3CC3)c12. The van der Waals surface area contributed by atoms with Gasteiger partial charge in [0, 0.05) is 31.9 Å². The zero-order valence-corrected chi connectivity index (χ0v) is 15.1. The molecular weight excluding hydrogens is 353 g/mol. The zero-order chi connectivity index (χ0) is 19.1. The van der Waals surface area contributed by atoms with Gasteiger partial charge in [-0.2, -0.15) is 0 Å². The summed E-state index contributed by atoms with van der Waals surface area (Å²) < 4.78 is 22.5. The first-order chi connectivity index (χ1) is 13.0. The molecule has 0 bridgehead atoms. The van der Waals surface area contributed by atoms with Gasteiger partial charge in [-0.15, -0.1) is 0 Å². The first-order valence-corrected chi connectivity index (χ1v) is 9.17. The van der Waals surface area contributed by atoms with Crippen molar-refractivity contribution < 1.29 is 19.0 Å². The van der Waals surface area contributed by atoms with E-state index in [1.54, 1.807) is 4.57 Å². The Morgan fingerprint density at radius 3 is 2.78 bits per heavy atom. The summed E-state index contributed by atoms with van der Waals surface area (Å²) >= 11 is 0. The monoisotopic (exact) mass is 375 g/mol. The van der Waals surface area contributed by atoms with E-state index < -0.39 is 17.2 Å². The van der Waals surface area contributed by atoms with Gasteiger partial charge in [0.2, 0.25) is 5.43 Å². The van der Waals surface area contributed by atoms with Gasteiger partial charge in [-0.25, -0.2) is 9.18 Å². The fourth-order valence-electron chi connectivity index (χ4n) is 3.79. The molecule has 0 spiro atoms. The average molecular weight is 375 g/mol. The van der Waals surface area contributed by atoms with Gasteiger partial charge in [0.25, 0.3) is 0 Å². The minimum atomic E-state index is -1.31. The molecule has 2 aliphatic rings. The lowest BCUT2D eigenvalue weighted by molar-refractivity contribution is 0.0695. The Bertz CT molecular complexity index is 960. The second-order valence-corrected chi connectivity index (χ2v) is 7.04. The fourth-order valence-corrected chi connectivity index (χ4v) is 3.79. The van der Waals surface area contributed by atoms with Gasteiger partial charge >= 0.3 is 5.97 Å². The van der Waals surface area contributed by atoms with Crippen molar-refractivity contribution in [2.45, 2.75) is 25.3 Å². The summed E-state index contributed by atoms with van der Waals surface area (Å²) in [6.45, 7) is 2.89. The Labute approximate surface area is 155 Å². The van der Waals surface area contributed by atoms with Crippen molar-refractivity contribution in [3.63, 3.8) is 0 Å². The Morgan fingerprint density at radius 2 is 2.11 bits per heavy atom. The lowest BCUT2D eigenvalue weighted by atomic mass is 10.1. The maximum absolute atomic E-state index is 15.1. The van der Waals surface area contributed by atoms with Gasteiger partial charge in [-0.3, -0.25) is 4.79 Å². The summed E-state index contributed by atoms with van der Waals surface area (Å²) in [4.78, 5) is 26.1. The summed E-state index contributed by atoms with van der Waals surface area (Å²) in [5.41, 5.74) is -0.215. The first-order valence-electron chi connectivity index (χ1n) is 9.17. The standard InChI is InChI=1S/C19H22FN3O4/c1-27-18-15-12(9-14(20)16(18)22-7-2-5-21-6-8-22)17(24)13(19(25)26)10-23(15)11-3-4-11/h9-11,21H,2-8H2,1H3,(H,25,26). The maximum atomic E-state index is 15.1. The number of fused-ring (bicyclic) bond motifs is 1. The lowest BCUT2D eigenvalue weighted by Crippen LogP contribution is -2.29. The van der Waals surface area contributed by atoms with E-state index >= 15 is 4.39 Å². The summed E-state index contributed by atoms with van der Waals surface area (Å²) in [5, 5.41) is 12.7. The number of aromatic carboxylic acids is 1. The highest BCUT2D eigenvalue weighted by Gasteiger charge is 2.31. The number of carboxylic acid groups (broad SMARTS) is 1. The van der Waals surface area contributed by atoms with E-state index in [-0.39, 0.29) is 17.0 Å². The lowest BCUT2D eigenvalue weighted by Gasteiger charge is -2.27. The smallest absolute Gasteiger partial charge is 0.341 e. The van der Waals surface area contributed by atoms with Crippen LogP contribution >= 0.6 is 0 Å². The largest absolute Gasteiger partial charge is 0.492 e. The van der Waals surface area contributed by atoms with Crippen molar-refractivity contribution in [1.82, 2.24) is 9.88 Å². The number of nitrogens with zero attached hydrogens (tertiary/aromatic N) is 2. The predicted molar refractivity (Wildman–Crippen MR) is 99.6 cm³/mol. The fraction of sp³-hybridized carbons (Fsp3) is 0.474. The van der Waals surface area contributed by atoms with Crippen LogP contribution in [0.2, 0.25) is 0 Å². The molecule has 2 aromatic rings. The third-order valence-corrected chi connectivity index (χ3v) is 5.23. The normalized spacial score (nSPS) is 17.8. The van der Waals surface area contributed by atoms with Crippen LogP contribution in [0.1, 0.15) is 35.7 Å². The highest BCUT2D eigenvalue weighted by Crippen LogP contribution is 2.43. The molecule has 7 nitrogen and oxygen atoms in total. The Balaban J connectivity index is 2.03. The van der Waals surface area contributed by atoms with E-state index in [0.717, 1.165) is 32.4 Å². The van der Waals surface area contributed by atoms with Gasteiger partial charge in [0.15, 0.2) is 11.6 Å². The molecule has 0 radical (unpaired) electrons. The number of carboxylic acids is 1. The van der Waals surface area contributed by atoms with Crippen molar-refractivity contribution in [3.05, 3.63) is 33.9 Å². The van der Waals surface area contributed by atoms with Crippen LogP contribution in [0.4, 0.5) is 10.1 Å². The van der Waals surface area contributed by atoms with Gasteiger partial charge < -0.3 is 24.6 Å². The van der Waals surface area contributed by atoms with Crippen LogP contribution in [0, 0.1) is 5.82 Å². The second-order valence-electron chi connectivity index (χ2n) is 7.04. The quantitative estimate of drug-likeness (QED) is 0.850. The number of hydrogen-bond donors (Lipinski definition) is 2. The molecule has 1 saturated heterocycles. The number of pyridine rings is 1. The molecule has 2 fully saturated rings. The molecule has 2 N–H and O–H groups in total. The number of rotatable bonds is 4. The molecule has 4 rings (SSSR count). The van der Waals surface area contributed by atoms with Gasteiger partial charge in [0.1, 0.15) is 11.3 Å². The molecule has 2 heterocycles.